The molecule has 0 aliphatic carbocycles. The van der Waals surface area contributed by atoms with Crippen LogP contribution in [0.2, 0.25) is 0 Å². The monoisotopic (exact) mass is 318 g/mol. The van der Waals surface area contributed by atoms with Gasteiger partial charge in [-0.05, 0) is 17.9 Å². The second kappa shape index (κ2) is 6.10. The zero-order valence-electron chi connectivity index (χ0n) is 10.3. The van der Waals surface area contributed by atoms with E-state index in [9.17, 15) is 13.5 Å². The number of aliphatic hydroxyl groups excluding tert-OH is 1. The van der Waals surface area contributed by atoms with Gasteiger partial charge in [0.2, 0.25) is 10.0 Å². The van der Waals surface area contributed by atoms with Crippen molar-refractivity contribution in [2.45, 2.75) is 24.8 Å². The second-order valence-electron chi connectivity index (χ2n) is 3.96. The van der Waals surface area contributed by atoms with Gasteiger partial charge in [0.15, 0.2) is 0 Å². The van der Waals surface area contributed by atoms with Gasteiger partial charge in [-0.15, -0.1) is 22.7 Å². The lowest BCUT2D eigenvalue weighted by Gasteiger charge is -2.07. The van der Waals surface area contributed by atoms with Gasteiger partial charge in [-0.3, -0.25) is 0 Å². The number of hydrogen-bond acceptors (Lipinski definition) is 6. The first-order chi connectivity index (χ1) is 9.04. The molecule has 0 saturated carbocycles. The highest BCUT2D eigenvalue weighted by atomic mass is 32.2. The molecule has 0 saturated heterocycles. The normalized spacial score (nSPS) is 11.9. The lowest BCUT2D eigenvalue weighted by atomic mass is 10.3. The van der Waals surface area contributed by atoms with Crippen LogP contribution in [0.4, 0.5) is 0 Å². The summed E-state index contributed by atoms with van der Waals surface area (Å²) in [5, 5.41) is 12.8. The minimum atomic E-state index is -3.57. The van der Waals surface area contributed by atoms with E-state index in [2.05, 4.69) is 9.71 Å². The van der Waals surface area contributed by atoms with Gasteiger partial charge in [0.05, 0.1) is 22.7 Å². The molecule has 2 heterocycles. The van der Waals surface area contributed by atoms with Crippen molar-refractivity contribution in [2.75, 3.05) is 6.54 Å². The fraction of sp³-hybridized carbons (Fsp3) is 0.364. The van der Waals surface area contributed by atoms with Crippen LogP contribution >= 0.6 is 22.7 Å². The Balaban J connectivity index is 2.07. The zero-order chi connectivity index (χ0) is 13.9. The molecule has 2 aromatic heterocycles. The summed E-state index contributed by atoms with van der Waals surface area (Å²) in [7, 11) is -3.57. The first-order valence-corrected chi connectivity index (χ1v) is 8.89. The summed E-state index contributed by atoms with van der Waals surface area (Å²) in [5.41, 5.74) is 3.25. The number of nitrogens with zero attached hydrogens (tertiary/aromatic N) is 1. The summed E-state index contributed by atoms with van der Waals surface area (Å²) in [5.74, 6) is 0. The Morgan fingerprint density at radius 1 is 1.42 bits per heavy atom. The summed E-state index contributed by atoms with van der Waals surface area (Å²) in [6.07, 6.45) is 0.556. The van der Waals surface area contributed by atoms with Crippen molar-refractivity contribution in [3.05, 3.63) is 32.4 Å². The van der Waals surface area contributed by atoms with Crippen LogP contribution in [-0.2, 0) is 23.1 Å². The van der Waals surface area contributed by atoms with E-state index in [1.807, 2.05) is 5.38 Å². The summed E-state index contributed by atoms with van der Waals surface area (Å²) in [4.78, 5) is 4.77. The Hall–Kier alpha value is -0.800. The number of aliphatic hydroxyl groups is 1. The van der Waals surface area contributed by atoms with E-state index in [-0.39, 0.29) is 11.5 Å². The predicted octanol–water partition coefficient (Wildman–Crippen LogP) is 1.53. The first-order valence-electron chi connectivity index (χ1n) is 5.59. The van der Waals surface area contributed by atoms with Crippen LogP contribution in [0.3, 0.4) is 0 Å². The van der Waals surface area contributed by atoms with E-state index < -0.39 is 10.0 Å². The summed E-state index contributed by atoms with van der Waals surface area (Å²) >= 11 is 2.74. The number of thiazole rings is 1. The molecule has 0 bridgehead atoms. The SMILES string of the molecule is Cc1csc(CO)c1S(=O)(=O)NCCc1cscn1. The Labute approximate surface area is 120 Å². The molecule has 5 nitrogen and oxygen atoms in total. The van der Waals surface area contributed by atoms with Crippen LogP contribution in [0.5, 0.6) is 0 Å². The van der Waals surface area contributed by atoms with Gasteiger partial charge in [-0.2, -0.15) is 0 Å². The van der Waals surface area contributed by atoms with Gasteiger partial charge < -0.3 is 5.11 Å². The highest BCUT2D eigenvalue weighted by molar-refractivity contribution is 7.89. The van der Waals surface area contributed by atoms with Crippen LogP contribution in [-0.4, -0.2) is 25.1 Å². The molecule has 0 amide bonds. The quantitative estimate of drug-likeness (QED) is 0.846. The molecule has 0 atom stereocenters. The smallest absolute Gasteiger partial charge is 0.242 e. The van der Waals surface area contributed by atoms with Crippen molar-refractivity contribution in [3.63, 3.8) is 0 Å². The van der Waals surface area contributed by atoms with Crippen LogP contribution in [0, 0.1) is 6.92 Å². The number of aryl methyl sites for hydroxylation is 1. The van der Waals surface area contributed by atoms with E-state index in [4.69, 9.17) is 0 Å². The van der Waals surface area contributed by atoms with E-state index in [1.54, 1.807) is 17.8 Å². The van der Waals surface area contributed by atoms with Crippen LogP contribution in [0.15, 0.2) is 21.2 Å². The Morgan fingerprint density at radius 2 is 2.21 bits per heavy atom. The summed E-state index contributed by atoms with van der Waals surface area (Å²) in [6.45, 7) is 1.76. The molecule has 104 valence electrons. The summed E-state index contributed by atoms with van der Waals surface area (Å²) in [6, 6.07) is 0. The zero-order valence-corrected chi connectivity index (χ0v) is 12.7. The molecular formula is C11H14N2O3S3. The molecule has 0 unspecified atom stereocenters. The van der Waals surface area contributed by atoms with E-state index in [0.29, 0.717) is 23.4 Å². The number of nitrogens with one attached hydrogen (secondary N) is 1. The number of thiophene rings is 1. The minimum absolute atomic E-state index is 0.207. The number of rotatable bonds is 6. The lowest BCUT2D eigenvalue weighted by Crippen LogP contribution is -2.27. The average molecular weight is 318 g/mol. The fourth-order valence-electron chi connectivity index (χ4n) is 1.70. The highest BCUT2D eigenvalue weighted by Gasteiger charge is 2.22. The molecular weight excluding hydrogens is 304 g/mol. The number of sulfonamides is 1. The molecule has 0 aliphatic heterocycles. The van der Waals surface area contributed by atoms with Crippen molar-refractivity contribution < 1.29 is 13.5 Å². The molecule has 2 N–H and O–H groups in total. The molecule has 0 aliphatic rings. The maximum absolute atomic E-state index is 12.2. The summed E-state index contributed by atoms with van der Waals surface area (Å²) < 4.78 is 26.9. The molecule has 8 heteroatoms. The minimum Gasteiger partial charge on any atom is -0.391 e. The molecule has 0 spiro atoms. The van der Waals surface area contributed by atoms with Crippen molar-refractivity contribution in [3.8, 4) is 0 Å². The van der Waals surface area contributed by atoms with Gasteiger partial charge in [-0.25, -0.2) is 18.1 Å². The third kappa shape index (κ3) is 3.40. The molecule has 2 rings (SSSR count). The highest BCUT2D eigenvalue weighted by Crippen LogP contribution is 2.26. The van der Waals surface area contributed by atoms with E-state index in [1.165, 1.54) is 22.7 Å². The van der Waals surface area contributed by atoms with E-state index >= 15 is 0 Å². The van der Waals surface area contributed by atoms with Crippen molar-refractivity contribution in [1.29, 1.82) is 0 Å². The lowest BCUT2D eigenvalue weighted by molar-refractivity contribution is 0.282. The van der Waals surface area contributed by atoms with Crippen LogP contribution in [0.1, 0.15) is 16.1 Å². The van der Waals surface area contributed by atoms with E-state index in [0.717, 1.165) is 5.69 Å². The number of aromatic nitrogens is 1. The Kier molecular flexibility index (Phi) is 4.69. The second-order valence-corrected chi connectivity index (χ2v) is 7.34. The maximum Gasteiger partial charge on any atom is 0.242 e. The van der Waals surface area contributed by atoms with Crippen LogP contribution < -0.4 is 4.72 Å². The standard InChI is InChI=1S/C11H14N2O3S3/c1-8-5-18-10(4-14)11(8)19(15,16)13-3-2-9-6-17-7-12-9/h5-7,13-14H,2-4H2,1H3. The average Bonchev–Trinajstić information content (AvgIpc) is 2.98. The molecule has 2 aromatic rings. The fourth-order valence-corrected chi connectivity index (χ4v) is 4.99. The van der Waals surface area contributed by atoms with Crippen molar-refractivity contribution >= 4 is 32.7 Å². The molecule has 19 heavy (non-hydrogen) atoms. The van der Waals surface area contributed by atoms with Gasteiger partial charge in [0, 0.05) is 18.3 Å². The topological polar surface area (TPSA) is 79.3 Å². The number of hydrogen-bond donors (Lipinski definition) is 2. The van der Waals surface area contributed by atoms with Crippen molar-refractivity contribution in [1.82, 2.24) is 9.71 Å². The van der Waals surface area contributed by atoms with Gasteiger partial charge >= 0.3 is 0 Å². The first kappa shape index (κ1) is 14.6. The molecule has 0 aromatic carbocycles. The predicted molar refractivity (Wildman–Crippen MR) is 76.0 cm³/mol. The Morgan fingerprint density at radius 3 is 2.84 bits per heavy atom. The van der Waals surface area contributed by atoms with Crippen LogP contribution in [0.25, 0.3) is 0 Å². The van der Waals surface area contributed by atoms with Gasteiger partial charge in [-0.1, -0.05) is 0 Å². The molecule has 0 fully saturated rings. The maximum atomic E-state index is 12.2. The van der Waals surface area contributed by atoms with Gasteiger partial charge in [0.1, 0.15) is 4.90 Å². The third-order valence-corrected chi connectivity index (χ3v) is 6.10. The van der Waals surface area contributed by atoms with Crippen molar-refractivity contribution in [2.24, 2.45) is 0 Å². The Bertz CT molecular complexity index is 632. The van der Waals surface area contributed by atoms with Gasteiger partial charge in [0.25, 0.3) is 0 Å². The molecule has 0 radical (unpaired) electrons. The third-order valence-electron chi connectivity index (χ3n) is 2.56. The largest absolute Gasteiger partial charge is 0.391 e.